The molecule has 1 saturated heterocycles. The summed E-state index contributed by atoms with van der Waals surface area (Å²) in [6.45, 7) is 6.20. The molecule has 54 valence electrons. The lowest BCUT2D eigenvalue weighted by atomic mass is 10.1. The summed E-state index contributed by atoms with van der Waals surface area (Å²) in [4.78, 5) is 0. The molecule has 0 aromatic rings. The minimum Gasteiger partial charge on any atom is -0.377 e. The monoisotopic (exact) mass is 129 g/mol. The molecule has 2 nitrogen and oxygen atoms in total. The highest BCUT2D eigenvalue weighted by Crippen LogP contribution is 2.02. The molecule has 0 amide bonds. The smallest absolute Gasteiger partial charge is 0.0623 e. The Kier molecular flexibility index (Phi) is 2.49. The van der Waals surface area contributed by atoms with Gasteiger partial charge in [0.1, 0.15) is 0 Å². The molecule has 0 saturated carbocycles. The van der Waals surface area contributed by atoms with E-state index in [4.69, 9.17) is 4.74 Å². The molecule has 0 radical (unpaired) electrons. The van der Waals surface area contributed by atoms with Crippen molar-refractivity contribution in [3.05, 3.63) is 0 Å². The van der Waals surface area contributed by atoms with Crippen LogP contribution in [-0.2, 0) is 4.74 Å². The van der Waals surface area contributed by atoms with Crippen LogP contribution in [0.5, 0.6) is 0 Å². The first-order valence-corrected chi connectivity index (χ1v) is 3.64. The van der Waals surface area contributed by atoms with Crippen LogP contribution in [0, 0.1) is 0 Å². The number of nitrogens with one attached hydrogen (secondary N) is 1. The maximum absolute atomic E-state index is 5.38. The zero-order valence-corrected chi connectivity index (χ0v) is 6.18. The first-order chi connectivity index (χ1) is 4.29. The van der Waals surface area contributed by atoms with Crippen molar-refractivity contribution in [1.82, 2.24) is 5.32 Å². The zero-order valence-electron chi connectivity index (χ0n) is 6.18. The molecule has 1 fully saturated rings. The van der Waals surface area contributed by atoms with E-state index in [1.165, 1.54) is 13.0 Å². The van der Waals surface area contributed by atoms with Crippen molar-refractivity contribution in [1.29, 1.82) is 0 Å². The summed E-state index contributed by atoms with van der Waals surface area (Å²) < 4.78 is 5.38. The molecule has 1 N–H and O–H groups in total. The summed E-state index contributed by atoms with van der Waals surface area (Å²) in [6.07, 6.45) is 1.67. The molecule has 1 rings (SSSR count). The number of hydrogen-bond donors (Lipinski definition) is 1. The van der Waals surface area contributed by atoms with Crippen LogP contribution in [0.4, 0.5) is 0 Å². The number of rotatable bonds is 3. The van der Waals surface area contributed by atoms with Crippen molar-refractivity contribution in [3.63, 3.8) is 0 Å². The normalized spacial score (nSPS) is 26.3. The van der Waals surface area contributed by atoms with Gasteiger partial charge in [-0.3, -0.25) is 0 Å². The van der Waals surface area contributed by atoms with Gasteiger partial charge < -0.3 is 10.1 Å². The van der Waals surface area contributed by atoms with Gasteiger partial charge in [0.25, 0.3) is 0 Å². The van der Waals surface area contributed by atoms with Crippen LogP contribution in [0.3, 0.4) is 0 Å². The van der Waals surface area contributed by atoms with E-state index in [9.17, 15) is 0 Å². The topological polar surface area (TPSA) is 21.3 Å². The second-order valence-corrected chi connectivity index (χ2v) is 2.82. The minimum absolute atomic E-state index is 0.382. The highest BCUT2D eigenvalue weighted by molar-refractivity contribution is 4.76. The lowest BCUT2D eigenvalue weighted by Gasteiger charge is -2.27. The summed E-state index contributed by atoms with van der Waals surface area (Å²) in [5.41, 5.74) is 0. The molecule has 0 spiro atoms. The van der Waals surface area contributed by atoms with Gasteiger partial charge in [-0.15, -0.1) is 0 Å². The average molecular weight is 129 g/mol. The Labute approximate surface area is 56.6 Å². The van der Waals surface area contributed by atoms with E-state index in [0.717, 1.165) is 6.61 Å². The van der Waals surface area contributed by atoms with Gasteiger partial charge in [-0.05, 0) is 26.8 Å². The second kappa shape index (κ2) is 3.18. The summed E-state index contributed by atoms with van der Waals surface area (Å²) in [7, 11) is 0. The molecule has 1 atom stereocenters. The Morgan fingerprint density at radius 2 is 2.33 bits per heavy atom. The molecular weight excluding hydrogens is 114 g/mol. The average Bonchev–Trinajstić information content (AvgIpc) is 1.60. The van der Waals surface area contributed by atoms with Gasteiger partial charge in [0, 0.05) is 6.04 Å². The number of hydrogen-bond acceptors (Lipinski definition) is 2. The van der Waals surface area contributed by atoms with E-state index in [1.807, 2.05) is 0 Å². The van der Waals surface area contributed by atoms with Crippen molar-refractivity contribution >= 4 is 0 Å². The molecule has 0 aliphatic carbocycles. The van der Waals surface area contributed by atoms with Crippen LogP contribution in [0.15, 0.2) is 0 Å². The Hall–Kier alpha value is -0.0800. The van der Waals surface area contributed by atoms with Crippen molar-refractivity contribution in [3.8, 4) is 0 Å². The van der Waals surface area contributed by atoms with E-state index in [-0.39, 0.29) is 0 Å². The molecule has 2 heteroatoms. The quantitative estimate of drug-likeness (QED) is 0.608. The Morgan fingerprint density at radius 3 is 2.67 bits per heavy atom. The number of ether oxygens (including phenoxy) is 1. The SMILES string of the molecule is CC(C)OC[C@@H]1CCN1. The molecule has 9 heavy (non-hydrogen) atoms. The Balaban J connectivity index is 1.91. The highest BCUT2D eigenvalue weighted by atomic mass is 16.5. The lowest BCUT2D eigenvalue weighted by molar-refractivity contribution is 0.0475. The summed E-state index contributed by atoms with van der Waals surface area (Å²) >= 11 is 0. The van der Waals surface area contributed by atoms with Crippen LogP contribution in [0.1, 0.15) is 20.3 Å². The van der Waals surface area contributed by atoms with Crippen LogP contribution < -0.4 is 5.32 Å². The first-order valence-electron chi connectivity index (χ1n) is 3.64. The van der Waals surface area contributed by atoms with Crippen LogP contribution in [0.2, 0.25) is 0 Å². The fraction of sp³-hybridized carbons (Fsp3) is 1.00. The largest absolute Gasteiger partial charge is 0.377 e. The molecule has 1 aliphatic heterocycles. The van der Waals surface area contributed by atoms with Crippen molar-refractivity contribution in [2.24, 2.45) is 0 Å². The van der Waals surface area contributed by atoms with Crippen LogP contribution >= 0.6 is 0 Å². The van der Waals surface area contributed by atoms with Gasteiger partial charge in [-0.2, -0.15) is 0 Å². The van der Waals surface area contributed by atoms with Crippen molar-refractivity contribution in [2.75, 3.05) is 13.2 Å². The van der Waals surface area contributed by atoms with E-state index in [2.05, 4.69) is 19.2 Å². The van der Waals surface area contributed by atoms with E-state index in [0.29, 0.717) is 12.1 Å². The maximum atomic E-state index is 5.38. The first kappa shape index (κ1) is 7.03. The Bertz CT molecular complexity index is 79.0. The second-order valence-electron chi connectivity index (χ2n) is 2.82. The van der Waals surface area contributed by atoms with Crippen molar-refractivity contribution in [2.45, 2.75) is 32.4 Å². The van der Waals surface area contributed by atoms with Crippen LogP contribution in [0.25, 0.3) is 0 Å². The maximum Gasteiger partial charge on any atom is 0.0623 e. The fourth-order valence-corrected chi connectivity index (χ4v) is 0.799. The third-order valence-corrected chi connectivity index (χ3v) is 1.56. The van der Waals surface area contributed by atoms with Gasteiger partial charge in [-0.1, -0.05) is 0 Å². The molecule has 0 aromatic carbocycles. The van der Waals surface area contributed by atoms with Gasteiger partial charge in [0.15, 0.2) is 0 Å². The minimum atomic E-state index is 0.382. The third-order valence-electron chi connectivity index (χ3n) is 1.56. The molecule has 1 aliphatic rings. The fourth-order valence-electron chi connectivity index (χ4n) is 0.799. The molecule has 1 heterocycles. The third kappa shape index (κ3) is 2.33. The van der Waals surface area contributed by atoms with Crippen molar-refractivity contribution < 1.29 is 4.74 Å². The predicted molar refractivity (Wildman–Crippen MR) is 37.5 cm³/mol. The van der Waals surface area contributed by atoms with E-state index in [1.54, 1.807) is 0 Å². The van der Waals surface area contributed by atoms with Gasteiger partial charge in [0.05, 0.1) is 12.7 Å². The lowest BCUT2D eigenvalue weighted by Crippen LogP contribution is -2.46. The van der Waals surface area contributed by atoms with Gasteiger partial charge >= 0.3 is 0 Å². The van der Waals surface area contributed by atoms with Gasteiger partial charge in [-0.25, -0.2) is 0 Å². The van der Waals surface area contributed by atoms with E-state index < -0.39 is 0 Å². The predicted octanol–water partition coefficient (Wildman–Crippen LogP) is 0.773. The van der Waals surface area contributed by atoms with Gasteiger partial charge in [0.2, 0.25) is 0 Å². The van der Waals surface area contributed by atoms with E-state index >= 15 is 0 Å². The summed E-state index contributed by atoms with van der Waals surface area (Å²) in [5, 5.41) is 3.28. The molecule has 0 unspecified atom stereocenters. The standard InChI is InChI=1S/C7H15NO/c1-6(2)9-5-7-3-4-8-7/h6-8H,3-5H2,1-2H3/t7-/m0/s1. The Morgan fingerprint density at radius 1 is 1.67 bits per heavy atom. The molecular formula is C7H15NO. The zero-order chi connectivity index (χ0) is 6.69. The highest BCUT2D eigenvalue weighted by Gasteiger charge is 2.15. The molecule has 0 aromatic heterocycles. The molecule has 0 bridgehead atoms. The summed E-state index contributed by atoms with van der Waals surface area (Å²) in [5.74, 6) is 0. The van der Waals surface area contributed by atoms with Crippen LogP contribution in [-0.4, -0.2) is 25.3 Å². The summed E-state index contributed by atoms with van der Waals surface area (Å²) in [6, 6.07) is 0.646.